The van der Waals surface area contributed by atoms with Gasteiger partial charge in [0.2, 0.25) is 5.91 Å². The molecule has 0 aromatic rings. The largest absolute Gasteiger partial charge is 0.395 e. The number of aliphatic hydroxyl groups excluding tert-OH is 1. The molecule has 2 aliphatic rings. The highest BCUT2D eigenvalue weighted by atomic mass is 16.5. The first-order valence-corrected chi connectivity index (χ1v) is 6.88. The van der Waals surface area contributed by atoms with Crippen molar-refractivity contribution >= 4 is 5.91 Å². The van der Waals surface area contributed by atoms with Crippen LogP contribution < -0.4 is 0 Å². The lowest BCUT2D eigenvalue weighted by Gasteiger charge is -2.36. The quantitative estimate of drug-likeness (QED) is 0.757. The van der Waals surface area contributed by atoms with Crippen LogP contribution in [0.1, 0.15) is 26.7 Å². The molecule has 0 aromatic heterocycles. The summed E-state index contributed by atoms with van der Waals surface area (Å²) in [7, 11) is 0. The molecule has 0 bridgehead atoms. The lowest BCUT2D eigenvalue weighted by Crippen LogP contribution is -2.51. The number of hydrogen-bond donors (Lipinski definition) is 1. The van der Waals surface area contributed by atoms with Crippen LogP contribution in [-0.2, 0) is 9.53 Å². The molecule has 5 heteroatoms. The van der Waals surface area contributed by atoms with E-state index in [0.29, 0.717) is 32.2 Å². The molecule has 1 amide bonds. The van der Waals surface area contributed by atoms with Crippen LogP contribution >= 0.6 is 0 Å². The molecule has 5 nitrogen and oxygen atoms in total. The molecule has 104 valence electrons. The van der Waals surface area contributed by atoms with Crippen molar-refractivity contribution in [2.75, 3.05) is 32.8 Å². The van der Waals surface area contributed by atoms with Crippen molar-refractivity contribution in [3.8, 4) is 0 Å². The molecule has 2 unspecified atom stereocenters. The lowest BCUT2D eigenvalue weighted by atomic mass is 10.2. The maximum Gasteiger partial charge on any atom is 0.236 e. The zero-order valence-corrected chi connectivity index (χ0v) is 11.3. The number of ether oxygens (including phenoxy) is 1. The fourth-order valence-corrected chi connectivity index (χ4v) is 2.61. The standard InChI is InChI=1S/C13H24N2O3/c1-10-7-15(8-11(2)18-10)13(17)9-14(5-6-16)12-3-4-12/h10-12,16H,3-9H2,1-2H3. The van der Waals surface area contributed by atoms with Crippen LogP contribution in [0, 0.1) is 0 Å². The van der Waals surface area contributed by atoms with E-state index >= 15 is 0 Å². The summed E-state index contributed by atoms with van der Waals surface area (Å²) < 4.78 is 5.63. The minimum Gasteiger partial charge on any atom is -0.395 e. The van der Waals surface area contributed by atoms with Gasteiger partial charge in [-0.1, -0.05) is 0 Å². The molecule has 1 N–H and O–H groups in total. The van der Waals surface area contributed by atoms with Gasteiger partial charge in [0, 0.05) is 25.7 Å². The Morgan fingerprint density at radius 2 is 1.94 bits per heavy atom. The average Bonchev–Trinajstić information content (AvgIpc) is 3.10. The van der Waals surface area contributed by atoms with Gasteiger partial charge >= 0.3 is 0 Å². The van der Waals surface area contributed by atoms with Crippen molar-refractivity contribution in [2.24, 2.45) is 0 Å². The van der Waals surface area contributed by atoms with Crippen LogP contribution in [0.4, 0.5) is 0 Å². The Kier molecular flexibility index (Phi) is 4.59. The van der Waals surface area contributed by atoms with E-state index in [4.69, 9.17) is 9.84 Å². The first-order valence-electron chi connectivity index (χ1n) is 6.88. The average molecular weight is 256 g/mol. The number of hydrogen-bond acceptors (Lipinski definition) is 4. The summed E-state index contributed by atoms with van der Waals surface area (Å²) >= 11 is 0. The van der Waals surface area contributed by atoms with Gasteiger partial charge in [0.15, 0.2) is 0 Å². The number of rotatable bonds is 5. The Hall–Kier alpha value is -0.650. The fourth-order valence-electron chi connectivity index (χ4n) is 2.61. The predicted octanol–water partition coefficient (Wildman–Crippen LogP) is 0.0789. The minimum absolute atomic E-state index is 0.116. The molecular weight excluding hydrogens is 232 g/mol. The van der Waals surface area contributed by atoms with Gasteiger partial charge in [-0.05, 0) is 26.7 Å². The number of amides is 1. The molecule has 1 aliphatic heterocycles. The van der Waals surface area contributed by atoms with Crippen LogP contribution in [0.2, 0.25) is 0 Å². The van der Waals surface area contributed by atoms with E-state index in [1.807, 2.05) is 18.7 Å². The van der Waals surface area contributed by atoms with E-state index in [9.17, 15) is 4.79 Å². The Labute approximate surface area is 109 Å². The summed E-state index contributed by atoms with van der Waals surface area (Å²) in [6.07, 6.45) is 2.54. The third-order valence-electron chi connectivity index (χ3n) is 3.56. The summed E-state index contributed by atoms with van der Waals surface area (Å²) in [5.74, 6) is 0.164. The molecule has 2 rings (SSSR count). The number of carbonyl (C=O) groups excluding carboxylic acids is 1. The highest BCUT2D eigenvalue weighted by Crippen LogP contribution is 2.26. The molecule has 1 heterocycles. The minimum atomic E-state index is 0.116. The number of nitrogens with zero attached hydrogens (tertiary/aromatic N) is 2. The summed E-state index contributed by atoms with van der Waals surface area (Å²) in [4.78, 5) is 16.3. The van der Waals surface area contributed by atoms with Crippen molar-refractivity contribution in [1.29, 1.82) is 0 Å². The second kappa shape index (κ2) is 5.99. The molecule has 1 saturated carbocycles. The molecule has 0 spiro atoms. The number of aliphatic hydroxyl groups is 1. The van der Waals surface area contributed by atoms with E-state index in [1.165, 1.54) is 0 Å². The number of morpholine rings is 1. The van der Waals surface area contributed by atoms with Crippen LogP contribution in [-0.4, -0.2) is 71.8 Å². The third kappa shape index (κ3) is 3.67. The highest BCUT2D eigenvalue weighted by Gasteiger charge is 2.32. The van der Waals surface area contributed by atoms with E-state index in [1.54, 1.807) is 0 Å². The first kappa shape index (κ1) is 13.8. The highest BCUT2D eigenvalue weighted by molar-refractivity contribution is 5.78. The lowest BCUT2D eigenvalue weighted by molar-refractivity contribution is -0.144. The smallest absolute Gasteiger partial charge is 0.236 e. The second-order valence-corrected chi connectivity index (χ2v) is 5.48. The molecule has 2 fully saturated rings. The van der Waals surface area contributed by atoms with Crippen molar-refractivity contribution in [3.05, 3.63) is 0 Å². The molecule has 1 aliphatic carbocycles. The Bertz CT molecular complexity index is 284. The summed E-state index contributed by atoms with van der Waals surface area (Å²) in [5, 5.41) is 9.03. The van der Waals surface area contributed by atoms with Gasteiger partial charge in [-0.3, -0.25) is 9.69 Å². The van der Waals surface area contributed by atoms with Crippen molar-refractivity contribution in [3.63, 3.8) is 0 Å². The first-order chi connectivity index (χ1) is 8.60. The maximum absolute atomic E-state index is 12.3. The van der Waals surface area contributed by atoms with Gasteiger partial charge in [0.25, 0.3) is 0 Å². The zero-order valence-electron chi connectivity index (χ0n) is 11.3. The summed E-state index contributed by atoms with van der Waals surface area (Å²) in [5.41, 5.74) is 0. The van der Waals surface area contributed by atoms with Crippen molar-refractivity contribution in [2.45, 2.75) is 44.9 Å². The molecule has 2 atom stereocenters. The molecule has 1 saturated heterocycles. The Morgan fingerprint density at radius 3 is 2.44 bits per heavy atom. The molecule has 0 radical (unpaired) electrons. The SMILES string of the molecule is CC1CN(C(=O)CN(CCO)C2CC2)CC(C)O1. The van der Waals surface area contributed by atoms with Crippen molar-refractivity contribution in [1.82, 2.24) is 9.80 Å². The monoisotopic (exact) mass is 256 g/mol. The van der Waals surface area contributed by atoms with E-state index in [0.717, 1.165) is 12.8 Å². The molecular formula is C13H24N2O3. The Balaban J connectivity index is 1.85. The van der Waals surface area contributed by atoms with Gasteiger partial charge in [0.1, 0.15) is 0 Å². The van der Waals surface area contributed by atoms with Crippen LogP contribution in [0.5, 0.6) is 0 Å². The summed E-state index contributed by atoms with van der Waals surface area (Å²) in [6.45, 7) is 6.53. The topological polar surface area (TPSA) is 53.0 Å². The summed E-state index contributed by atoms with van der Waals surface area (Å²) in [6, 6.07) is 0.511. The second-order valence-electron chi connectivity index (χ2n) is 5.48. The van der Waals surface area contributed by atoms with E-state index in [-0.39, 0.29) is 24.7 Å². The molecule has 18 heavy (non-hydrogen) atoms. The third-order valence-corrected chi connectivity index (χ3v) is 3.56. The zero-order chi connectivity index (χ0) is 13.1. The van der Waals surface area contributed by atoms with Gasteiger partial charge in [-0.2, -0.15) is 0 Å². The van der Waals surface area contributed by atoms with Crippen LogP contribution in [0.25, 0.3) is 0 Å². The van der Waals surface area contributed by atoms with Gasteiger partial charge in [-0.25, -0.2) is 0 Å². The normalized spacial score (nSPS) is 28.8. The van der Waals surface area contributed by atoms with Crippen molar-refractivity contribution < 1.29 is 14.6 Å². The molecule has 0 aromatic carbocycles. The van der Waals surface area contributed by atoms with Gasteiger partial charge in [-0.15, -0.1) is 0 Å². The van der Waals surface area contributed by atoms with Gasteiger partial charge in [0.05, 0.1) is 25.4 Å². The predicted molar refractivity (Wildman–Crippen MR) is 68.3 cm³/mol. The van der Waals surface area contributed by atoms with Gasteiger partial charge < -0.3 is 14.7 Å². The fraction of sp³-hybridized carbons (Fsp3) is 0.923. The van der Waals surface area contributed by atoms with Crippen LogP contribution in [0.15, 0.2) is 0 Å². The van der Waals surface area contributed by atoms with E-state index in [2.05, 4.69) is 4.90 Å². The maximum atomic E-state index is 12.3. The Morgan fingerprint density at radius 1 is 1.33 bits per heavy atom. The van der Waals surface area contributed by atoms with Crippen LogP contribution in [0.3, 0.4) is 0 Å². The van der Waals surface area contributed by atoms with E-state index < -0.39 is 0 Å². The number of carbonyl (C=O) groups is 1.